The van der Waals surface area contributed by atoms with E-state index < -0.39 is 30.6 Å². The Morgan fingerprint density at radius 1 is 0.895 bits per heavy atom. The molecular weight excluding hydrogens is 478 g/mol. The van der Waals surface area contributed by atoms with Crippen LogP contribution in [-0.2, 0) is 14.2 Å². The first-order chi connectivity index (χ1) is 18.7. The Labute approximate surface area is 228 Å². The highest BCUT2D eigenvalue weighted by molar-refractivity contribution is 6.13. The van der Waals surface area contributed by atoms with Crippen molar-refractivity contribution in [2.24, 2.45) is 4.99 Å². The molecule has 1 fully saturated rings. The van der Waals surface area contributed by atoms with Crippen LogP contribution in [0, 0.1) is 0 Å². The largest absolute Gasteiger partial charge is 0.470 e. The van der Waals surface area contributed by atoms with Crippen molar-refractivity contribution < 1.29 is 24.4 Å². The quantitative estimate of drug-likeness (QED) is 0.159. The monoisotopic (exact) mass is 523 g/mol. The first kappa shape index (κ1) is 30.0. The molecule has 2 N–H and O–H groups in total. The van der Waals surface area contributed by atoms with Gasteiger partial charge < -0.3 is 24.4 Å². The summed E-state index contributed by atoms with van der Waals surface area (Å²) in [6, 6.07) is 19.3. The Kier molecular flexibility index (Phi) is 13.6. The van der Waals surface area contributed by atoms with Crippen LogP contribution >= 0.6 is 0 Å². The molecule has 2 aromatic carbocycles. The molecule has 0 aliphatic carbocycles. The van der Waals surface area contributed by atoms with Crippen molar-refractivity contribution in [3.05, 3.63) is 84.1 Å². The van der Waals surface area contributed by atoms with E-state index in [-0.39, 0.29) is 6.61 Å². The number of aliphatic imine (C=N–C) groups is 1. The maximum atomic E-state index is 11.2. The molecule has 0 aromatic heterocycles. The van der Waals surface area contributed by atoms with Crippen LogP contribution < -0.4 is 0 Å². The summed E-state index contributed by atoms with van der Waals surface area (Å²) in [5.74, 6) is 0. The predicted molar refractivity (Wildman–Crippen MR) is 152 cm³/mol. The van der Waals surface area contributed by atoms with Crippen molar-refractivity contribution in [1.29, 1.82) is 0 Å². The van der Waals surface area contributed by atoms with Crippen molar-refractivity contribution in [2.75, 3.05) is 13.2 Å². The van der Waals surface area contributed by atoms with E-state index in [4.69, 9.17) is 19.2 Å². The van der Waals surface area contributed by atoms with Gasteiger partial charge in [-0.2, -0.15) is 0 Å². The number of hydrogen-bond acceptors (Lipinski definition) is 6. The molecule has 5 atom stereocenters. The van der Waals surface area contributed by atoms with Crippen LogP contribution in [0.3, 0.4) is 0 Å². The molecule has 6 heteroatoms. The van der Waals surface area contributed by atoms with E-state index >= 15 is 0 Å². The number of hydrogen-bond donors (Lipinski definition) is 2. The summed E-state index contributed by atoms with van der Waals surface area (Å²) < 4.78 is 18.2. The van der Waals surface area contributed by atoms with Crippen molar-refractivity contribution >= 4 is 5.71 Å². The Hall–Kier alpha value is -2.51. The number of rotatable bonds is 16. The van der Waals surface area contributed by atoms with Gasteiger partial charge >= 0.3 is 0 Å². The Bertz CT molecular complexity index is 907. The lowest BCUT2D eigenvalue weighted by molar-refractivity contribution is -0.258. The van der Waals surface area contributed by atoms with E-state index in [1.165, 1.54) is 38.5 Å². The predicted octanol–water partition coefficient (Wildman–Crippen LogP) is 6.05. The first-order valence-corrected chi connectivity index (χ1v) is 14.2. The number of unbranched alkanes of at least 4 members (excludes halogenated alkanes) is 7. The molecule has 0 spiro atoms. The van der Waals surface area contributed by atoms with Crippen LogP contribution in [0.25, 0.3) is 0 Å². The van der Waals surface area contributed by atoms with Gasteiger partial charge in [-0.1, -0.05) is 119 Å². The summed E-state index contributed by atoms with van der Waals surface area (Å²) >= 11 is 0. The van der Waals surface area contributed by atoms with Gasteiger partial charge in [0.1, 0.15) is 24.4 Å². The SMILES string of the molecule is C/C=C\O[C@H]1OC(CO)[C@@H](O)[C@H](OCCCCCCCCCC)C1N=C(c1ccccc1)c1ccccc1. The van der Waals surface area contributed by atoms with Crippen LogP contribution in [-0.4, -0.2) is 59.8 Å². The summed E-state index contributed by atoms with van der Waals surface area (Å²) in [6.45, 7) is 4.25. The van der Waals surface area contributed by atoms with E-state index in [2.05, 4.69) is 6.92 Å². The van der Waals surface area contributed by atoms with Crippen LogP contribution in [0.15, 0.2) is 78.0 Å². The van der Waals surface area contributed by atoms with Gasteiger partial charge in [-0.3, -0.25) is 4.99 Å². The molecule has 208 valence electrons. The lowest BCUT2D eigenvalue weighted by Gasteiger charge is -2.42. The van der Waals surface area contributed by atoms with Gasteiger partial charge in [0, 0.05) is 17.7 Å². The van der Waals surface area contributed by atoms with Crippen molar-refractivity contribution in [2.45, 2.75) is 95.9 Å². The van der Waals surface area contributed by atoms with Gasteiger partial charge in [0.05, 0.1) is 18.6 Å². The summed E-state index contributed by atoms with van der Waals surface area (Å²) in [4.78, 5) is 5.13. The number of allylic oxidation sites excluding steroid dienone is 1. The van der Waals surface area contributed by atoms with E-state index in [1.54, 1.807) is 12.3 Å². The smallest absolute Gasteiger partial charge is 0.224 e. The molecular formula is C32H45NO5. The highest BCUT2D eigenvalue weighted by atomic mass is 16.7. The van der Waals surface area contributed by atoms with Gasteiger partial charge in [0.15, 0.2) is 0 Å². The van der Waals surface area contributed by atoms with Gasteiger partial charge in [-0.05, 0) is 13.3 Å². The zero-order valence-electron chi connectivity index (χ0n) is 23.0. The Balaban J connectivity index is 1.83. The van der Waals surface area contributed by atoms with Gasteiger partial charge in [-0.15, -0.1) is 0 Å². The number of aliphatic hydroxyl groups excluding tert-OH is 2. The Morgan fingerprint density at radius 2 is 1.47 bits per heavy atom. The van der Waals surface area contributed by atoms with Crippen molar-refractivity contribution in [3.63, 3.8) is 0 Å². The summed E-state index contributed by atoms with van der Waals surface area (Å²) in [7, 11) is 0. The third-order valence-electron chi connectivity index (χ3n) is 6.85. The fourth-order valence-electron chi connectivity index (χ4n) is 4.77. The van der Waals surface area contributed by atoms with Gasteiger partial charge in [-0.25, -0.2) is 0 Å². The Morgan fingerprint density at radius 3 is 2.03 bits per heavy atom. The summed E-state index contributed by atoms with van der Waals surface area (Å²) in [6.07, 6.45) is 9.53. The second-order valence-corrected chi connectivity index (χ2v) is 9.83. The molecule has 2 unspecified atom stereocenters. The van der Waals surface area contributed by atoms with Crippen LogP contribution in [0.4, 0.5) is 0 Å². The normalized spacial score (nSPS) is 23.4. The summed E-state index contributed by atoms with van der Waals surface area (Å²) in [5, 5.41) is 21.1. The molecule has 3 rings (SSSR count). The van der Waals surface area contributed by atoms with Crippen LogP contribution in [0.2, 0.25) is 0 Å². The highest BCUT2D eigenvalue weighted by Gasteiger charge is 2.47. The molecule has 1 aliphatic heterocycles. The number of aliphatic hydroxyl groups is 2. The number of nitrogens with zero attached hydrogens (tertiary/aromatic N) is 1. The zero-order valence-corrected chi connectivity index (χ0v) is 23.0. The lowest BCUT2D eigenvalue weighted by Crippen LogP contribution is -2.59. The molecule has 6 nitrogen and oxygen atoms in total. The topological polar surface area (TPSA) is 80.5 Å². The third-order valence-corrected chi connectivity index (χ3v) is 6.85. The first-order valence-electron chi connectivity index (χ1n) is 14.2. The van der Waals surface area contributed by atoms with E-state index in [0.717, 1.165) is 29.7 Å². The molecule has 0 bridgehead atoms. The van der Waals surface area contributed by atoms with E-state index in [0.29, 0.717) is 6.61 Å². The molecule has 0 amide bonds. The highest BCUT2D eigenvalue weighted by Crippen LogP contribution is 2.29. The second kappa shape index (κ2) is 17.2. The van der Waals surface area contributed by atoms with E-state index in [9.17, 15) is 10.2 Å². The number of ether oxygens (including phenoxy) is 3. The molecule has 0 saturated carbocycles. The fourth-order valence-corrected chi connectivity index (χ4v) is 4.77. The van der Waals surface area contributed by atoms with Gasteiger partial charge in [0.25, 0.3) is 0 Å². The molecule has 38 heavy (non-hydrogen) atoms. The number of benzene rings is 2. The standard InChI is InChI=1S/C32H45NO5/c1-3-5-6-7-8-9-10-17-23-36-31-29(32(37-22-4-2)38-27(24-34)30(31)35)33-28(25-18-13-11-14-19-25)26-20-15-12-16-21-26/h4,11-16,18-22,27,29-32,34-35H,3,5-10,17,23-24H2,1-2H3/b22-4-/t27?,29?,30-,31-,32+/m1/s1. The molecule has 1 aliphatic rings. The average Bonchev–Trinajstić information content (AvgIpc) is 2.96. The molecule has 0 radical (unpaired) electrons. The fraction of sp³-hybridized carbons (Fsp3) is 0.531. The second-order valence-electron chi connectivity index (χ2n) is 9.83. The van der Waals surface area contributed by atoms with Gasteiger partial charge in [0.2, 0.25) is 6.29 Å². The van der Waals surface area contributed by atoms with E-state index in [1.807, 2.05) is 67.6 Å². The minimum atomic E-state index is -1.04. The van der Waals surface area contributed by atoms with Crippen LogP contribution in [0.1, 0.15) is 76.3 Å². The zero-order chi connectivity index (χ0) is 27.0. The molecule has 2 aromatic rings. The van der Waals surface area contributed by atoms with Crippen molar-refractivity contribution in [1.82, 2.24) is 0 Å². The minimum absolute atomic E-state index is 0.338. The van der Waals surface area contributed by atoms with Crippen LogP contribution in [0.5, 0.6) is 0 Å². The summed E-state index contributed by atoms with van der Waals surface area (Å²) in [5.41, 5.74) is 2.66. The molecule has 1 saturated heterocycles. The third kappa shape index (κ3) is 9.05. The van der Waals surface area contributed by atoms with Crippen molar-refractivity contribution in [3.8, 4) is 0 Å². The lowest BCUT2D eigenvalue weighted by atomic mass is 9.95. The maximum absolute atomic E-state index is 11.2. The maximum Gasteiger partial charge on any atom is 0.224 e. The average molecular weight is 524 g/mol. The molecule has 1 heterocycles. The minimum Gasteiger partial charge on any atom is -0.470 e.